The van der Waals surface area contributed by atoms with Gasteiger partial charge in [0.05, 0.1) is 15.7 Å². The van der Waals surface area contributed by atoms with E-state index in [1.807, 2.05) is 19.1 Å². The van der Waals surface area contributed by atoms with E-state index in [1.54, 1.807) is 0 Å². The average Bonchev–Trinajstić information content (AvgIpc) is 2.30. The summed E-state index contributed by atoms with van der Waals surface area (Å²) in [5.74, 6) is 0. The zero-order chi connectivity index (χ0) is 13.8. The Morgan fingerprint density at radius 1 is 1.39 bits per heavy atom. The zero-order valence-electron chi connectivity index (χ0n) is 9.78. The molecule has 0 saturated carbocycles. The molecule has 1 aromatic rings. The predicted octanol–water partition coefficient (Wildman–Crippen LogP) is 2.82. The van der Waals surface area contributed by atoms with E-state index < -0.39 is 10.0 Å². The number of sulfonamides is 1. The van der Waals surface area contributed by atoms with Crippen molar-refractivity contribution in [1.29, 1.82) is 0 Å². The van der Waals surface area contributed by atoms with E-state index in [0.717, 1.165) is 0 Å². The van der Waals surface area contributed by atoms with Gasteiger partial charge in [-0.15, -0.1) is 0 Å². The van der Waals surface area contributed by atoms with E-state index in [0.29, 0.717) is 6.42 Å². The van der Waals surface area contributed by atoms with Gasteiger partial charge >= 0.3 is 0 Å². The first kappa shape index (κ1) is 15.3. The van der Waals surface area contributed by atoms with Crippen molar-refractivity contribution >= 4 is 38.9 Å². The zero-order valence-corrected chi connectivity index (χ0v) is 12.1. The molecule has 1 aromatic carbocycles. The van der Waals surface area contributed by atoms with Crippen molar-refractivity contribution in [3.63, 3.8) is 0 Å². The minimum atomic E-state index is -3.75. The molecule has 0 fully saturated rings. The maximum absolute atomic E-state index is 12.0. The number of hydrogen-bond acceptors (Lipinski definition) is 3. The van der Waals surface area contributed by atoms with Gasteiger partial charge in [-0.25, -0.2) is 13.1 Å². The van der Waals surface area contributed by atoms with Gasteiger partial charge in [-0.1, -0.05) is 35.4 Å². The van der Waals surface area contributed by atoms with Gasteiger partial charge in [0.2, 0.25) is 10.0 Å². The molecule has 0 bridgehead atoms. The molecule has 0 aliphatic heterocycles. The highest BCUT2D eigenvalue weighted by molar-refractivity contribution is 7.89. The van der Waals surface area contributed by atoms with E-state index in [1.165, 1.54) is 12.1 Å². The number of nitrogen functional groups attached to an aromatic ring is 1. The Bertz CT molecular complexity index is 556. The lowest BCUT2D eigenvalue weighted by Crippen LogP contribution is -2.25. The number of benzene rings is 1. The van der Waals surface area contributed by atoms with Crippen LogP contribution in [0.2, 0.25) is 10.0 Å². The predicted molar refractivity (Wildman–Crippen MR) is 75.5 cm³/mol. The number of allylic oxidation sites excluding steroid dienone is 1. The Kier molecular flexibility index (Phi) is 5.47. The fourth-order valence-electron chi connectivity index (χ4n) is 1.31. The third kappa shape index (κ3) is 3.62. The second kappa shape index (κ2) is 6.43. The van der Waals surface area contributed by atoms with Gasteiger partial charge in [0.15, 0.2) is 0 Å². The summed E-state index contributed by atoms with van der Waals surface area (Å²) in [6, 6.07) is 2.87. The van der Waals surface area contributed by atoms with Gasteiger partial charge in [0, 0.05) is 6.54 Å². The van der Waals surface area contributed by atoms with E-state index in [9.17, 15) is 8.42 Å². The summed E-state index contributed by atoms with van der Waals surface area (Å²) in [5.41, 5.74) is 5.74. The fraction of sp³-hybridized carbons (Fsp3) is 0.273. The van der Waals surface area contributed by atoms with Crippen LogP contribution < -0.4 is 10.5 Å². The second-order valence-electron chi connectivity index (χ2n) is 3.54. The van der Waals surface area contributed by atoms with E-state index in [4.69, 9.17) is 28.9 Å². The number of rotatable bonds is 5. The number of anilines is 1. The van der Waals surface area contributed by atoms with Crippen molar-refractivity contribution in [3.05, 3.63) is 34.3 Å². The molecule has 1 rings (SSSR count). The summed E-state index contributed by atoms with van der Waals surface area (Å²) in [4.78, 5) is -0.175. The molecule has 4 nitrogen and oxygen atoms in total. The van der Waals surface area contributed by atoms with E-state index in [-0.39, 0.29) is 27.2 Å². The van der Waals surface area contributed by atoms with Crippen LogP contribution in [-0.4, -0.2) is 15.0 Å². The Hall–Kier alpha value is -0.750. The summed E-state index contributed by atoms with van der Waals surface area (Å²) in [7, 11) is -3.75. The Morgan fingerprint density at radius 2 is 2.06 bits per heavy atom. The van der Waals surface area contributed by atoms with Crippen LogP contribution in [0.5, 0.6) is 0 Å². The molecule has 0 aliphatic carbocycles. The van der Waals surface area contributed by atoms with Crippen molar-refractivity contribution in [3.8, 4) is 0 Å². The first-order valence-corrected chi connectivity index (χ1v) is 7.48. The van der Waals surface area contributed by atoms with Gasteiger partial charge in [-0.2, -0.15) is 0 Å². The summed E-state index contributed by atoms with van der Waals surface area (Å²) >= 11 is 11.7. The van der Waals surface area contributed by atoms with Gasteiger partial charge in [-0.3, -0.25) is 0 Å². The van der Waals surface area contributed by atoms with Gasteiger partial charge in [0.1, 0.15) is 4.90 Å². The third-order valence-electron chi connectivity index (χ3n) is 2.19. The SMILES string of the molecule is C/C=C/CCNS(=O)(=O)c1c(Cl)ccc(N)c1Cl. The number of halogens is 2. The monoisotopic (exact) mass is 308 g/mol. The number of hydrogen-bond donors (Lipinski definition) is 2. The molecule has 0 atom stereocenters. The van der Waals surface area contributed by atoms with Crippen molar-refractivity contribution in [2.45, 2.75) is 18.2 Å². The van der Waals surface area contributed by atoms with Crippen LogP contribution in [0.4, 0.5) is 5.69 Å². The molecule has 0 aromatic heterocycles. The summed E-state index contributed by atoms with van der Waals surface area (Å²) < 4.78 is 26.5. The van der Waals surface area contributed by atoms with Crippen molar-refractivity contribution < 1.29 is 8.42 Å². The van der Waals surface area contributed by atoms with Gasteiger partial charge in [-0.05, 0) is 25.5 Å². The quantitative estimate of drug-likeness (QED) is 0.499. The summed E-state index contributed by atoms with van der Waals surface area (Å²) in [6.07, 6.45) is 4.28. The fourth-order valence-corrected chi connectivity index (χ4v) is 3.50. The molecular weight excluding hydrogens is 295 g/mol. The molecule has 7 heteroatoms. The molecule has 0 aliphatic rings. The first-order chi connectivity index (χ1) is 8.40. The third-order valence-corrected chi connectivity index (χ3v) is 4.68. The highest BCUT2D eigenvalue weighted by atomic mass is 35.5. The standard InChI is InChI=1S/C11H14Cl2N2O2S/c1-2-3-4-7-15-18(16,17)11-8(12)5-6-9(14)10(11)13/h2-3,5-6,15H,4,7,14H2,1H3/b3-2+. The lowest BCUT2D eigenvalue weighted by Gasteiger charge is -2.10. The minimum Gasteiger partial charge on any atom is -0.397 e. The van der Waals surface area contributed by atoms with Crippen LogP contribution in [0.1, 0.15) is 13.3 Å². The van der Waals surface area contributed by atoms with Crippen LogP contribution >= 0.6 is 23.2 Å². The maximum atomic E-state index is 12.0. The van der Waals surface area contributed by atoms with Crippen LogP contribution in [0.15, 0.2) is 29.2 Å². The summed E-state index contributed by atoms with van der Waals surface area (Å²) in [5, 5.41) is -0.00577. The first-order valence-electron chi connectivity index (χ1n) is 5.24. The van der Waals surface area contributed by atoms with Crippen LogP contribution in [0, 0.1) is 0 Å². The molecule has 3 N–H and O–H groups in total. The molecule has 0 unspecified atom stereocenters. The molecule has 0 saturated heterocycles. The van der Waals surface area contributed by atoms with E-state index in [2.05, 4.69) is 4.72 Å². The topological polar surface area (TPSA) is 72.2 Å². The van der Waals surface area contributed by atoms with Crippen LogP contribution in [0.25, 0.3) is 0 Å². The highest BCUT2D eigenvalue weighted by Crippen LogP contribution is 2.33. The molecule has 0 heterocycles. The van der Waals surface area contributed by atoms with Crippen molar-refractivity contribution in [2.75, 3.05) is 12.3 Å². The lowest BCUT2D eigenvalue weighted by molar-refractivity contribution is 0.582. The van der Waals surface area contributed by atoms with E-state index >= 15 is 0 Å². The van der Waals surface area contributed by atoms with Crippen molar-refractivity contribution in [2.24, 2.45) is 0 Å². The van der Waals surface area contributed by atoms with Crippen LogP contribution in [-0.2, 0) is 10.0 Å². The smallest absolute Gasteiger partial charge is 0.243 e. The Balaban J connectivity index is 3.02. The Labute approximate surface area is 117 Å². The number of nitrogens with two attached hydrogens (primary N) is 1. The van der Waals surface area contributed by atoms with Gasteiger partial charge in [0.25, 0.3) is 0 Å². The minimum absolute atomic E-state index is 0.0488. The molecule has 100 valence electrons. The lowest BCUT2D eigenvalue weighted by atomic mass is 10.3. The second-order valence-corrected chi connectivity index (χ2v) is 6.02. The molecule has 0 radical (unpaired) electrons. The maximum Gasteiger partial charge on any atom is 0.243 e. The number of nitrogens with one attached hydrogen (secondary N) is 1. The molecule has 0 amide bonds. The molecule has 0 spiro atoms. The largest absolute Gasteiger partial charge is 0.397 e. The van der Waals surface area contributed by atoms with Crippen LogP contribution in [0.3, 0.4) is 0 Å². The van der Waals surface area contributed by atoms with Gasteiger partial charge < -0.3 is 5.73 Å². The highest BCUT2D eigenvalue weighted by Gasteiger charge is 2.22. The Morgan fingerprint density at radius 3 is 2.67 bits per heavy atom. The molecular formula is C11H14Cl2N2O2S. The summed E-state index contributed by atoms with van der Waals surface area (Å²) in [6.45, 7) is 2.13. The average molecular weight is 309 g/mol. The van der Waals surface area contributed by atoms with Crippen molar-refractivity contribution in [1.82, 2.24) is 4.72 Å². The normalized spacial score (nSPS) is 12.2. The molecule has 18 heavy (non-hydrogen) atoms.